The summed E-state index contributed by atoms with van der Waals surface area (Å²) in [7, 11) is 0. The summed E-state index contributed by atoms with van der Waals surface area (Å²) < 4.78 is 5.51. The fourth-order valence-corrected chi connectivity index (χ4v) is 2.03. The lowest BCUT2D eigenvalue weighted by Gasteiger charge is -2.20. The van der Waals surface area contributed by atoms with Crippen LogP contribution in [-0.2, 0) is 4.79 Å². The van der Waals surface area contributed by atoms with Crippen LogP contribution in [0, 0.1) is 0 Å². The molecule has 1 aliphatic heterocycles. The molecule has 0 saturated heterocycles. The van der Waals surface area contributed by atoms with Crippen molar-refractivity contribution in [3.8, 4) is 5.75 Å². The van der Waals surface area contributed by atoms with Gasteiger partial charge in [0.2, 0.25) is 0 Å². The molecule has 1 aromatic rings. The zero-order valence-electron chi connectivity index (χ0n) is 10.8. The number of carbonyl (C=O) groups excluding carboxylic acids is 1. The van der Waals surface area contributed by atoms with Crippen LogP contribution >= 0.6 is 0 Å². The van der Waals surface area contributed by atoms with E-state index in [1.54, 1.807) is 0 Å². The van der Waals surface area contributed by atoms with Gasteiger partial charge >= 0.3 is 5.97 Å². The molecule has 0 spiro atoms. The van der Waals surface area contributed by atoms with Gasteiger partial charge in [0, 0.05) is 0 Å². The van der Waals surface area contributed by atoms with Crippen LogP contribution in [0.4, 0.5) is 0 Å². The Balaban J connectivity index is 2.09. The number of rotatable bonds is 3. The van der Waals surface area contributed by atoms with Crippen molar-refractivity contribution in [2.45, 2.75) is 38.6 Å². The Hall–Kier alpha value is -1.77. The molecular formula is C15H19NO2. The Bertz CT molecular complexity index is 452. The van der Waals surface area contributed by atoms with E-state index >= 15 is 0 Å². The highest BCUT2D eigenvalue weighted by Gasteiger charge is 2.21. The van der Waals surface area contributed by atoms with E-state index in [1.165, 1.54) is 0 Å². The number of carbonyl (C=O) groups is 1. The second kappa shape index (κ2) is 5.71. The molecule has 1 aromatic carbocycles. The summed E-state index contributed by atoms with van der Waals surface area (Å²) in [6, 6.07) is 7.49. The minimum atomic E-state index is -0.227. The minimum Gasteiger partial charge on any atom is -0.425 e. The molecule has 0 radical (unpaired) electrons. The number of ether oxygens (including phenoxy) is 1. The zero-order chi connectivity index (χ0) is 13.0. The summed E-state index contributed by atoms with van der Waals surface area (Å²) in [6.07, 6.45) is 5.55. The molecule has 2 rings (SSSR count). The number of nitrogens with one attached hydrogen (secondary N) is 1. The van der Waals surface area contributed by atoms with Gasteiger partial charge in [-0.25, -0.2) is 4.79 Å². The van der Waals surface area contributed by atoms with Gasteiger partial charge in [-0.1, -0.05) is 38.1 Å². The van der Waals surface area contributed by atoms with Crippen molar-refractivity contribution in [1.82, 2.24) is 5.32 Å². The molecule has 0 saturated carbocycles. The fourth-order valence-electron chi connectivity index (χ4n) is 2.03. The average molecular weight is 245 g/mol. The van der Waals surface area contributed by atoms with Gasteiger partial charge in [0.05, 0.1) is 0 Å². The van der Waals surface area contributed by atoms with Crippen molar-refractivity contribution in [3.63, 3.8) is 0 Å². The number of para-hydroxylation sites is 1. The largest absolute Gasteiger partial charge is 0.425 e. The molecule has 3 heteroatoms. The molecule has 1 aliphatic rings. The van der Waals surface area contributed by atoms with Crippen LogP contribution in [0.1, 0.15) is 38.2 Å². The quantitative estimate of drug-likeness (QED) is 0.657. The molecule has 18 heavy (non-hydrogen) atoms. The molecule has 0 bridgehead atoms. The lowest BCUT2D eigenvalue weighted by Crippen LogP contribution is -2.38. The van der Waals surface area contributed by atoms with Crippen LogP contribution in [0.2, 0.25) is 0 Å². The first-order valence-electron chi connectivity index (χ1n) is 6.40. The Morgan fingerprint density at radius 3 is 2.83 bits per heavy atom. The fraction of sp³-hybridized carbons (Fsp3) is 0.400. The number of benzene rings is 1. The summed E-state index contributed by atoms with van der Waals surface area (Å²) in [5.41, 5.74) is 1.07. The molecule has 96 valence electrons. The van der Waals surface area contributed by atoms with Gasteiger partial charge in [0.1, 0.15) is 11.8 Å². The van der Waals surface area contributed by atoms with E-state index in [9.17, 15) is 4.79 Å². The second-order valence-corrected chi connectivity index (χ2v) is 4.81. The smallest absolute Gasteiger partial charge is 0.333 e. The van der Waals surface area contributed by atoms with Crippen molar-refractivity contribution >= 4 is 5.97 Å². The Labute approximate surface area is 108 Å². The first-order valence-corrected chi connectivity index (χ1v) is 6.40. The molecule has 1 heterocycles. The van der Waals surface area contributed by atoms with Gasteiger partial charge in [-0.3, -0.25) is 0 Å². The van der Waals surface area contributed by atoms with E-state index in [-0.39, 0.29) is 12.0 Å². The number of hydrogen-bond acceptors (Lipinski definition) is 3. The highest BCUT2D eigenvalue weighted by atomic mass is 16.5. The third-order valence-electron chi connectivity index (χ3n) is 3.07. The molecule has 0 aromatic heterocycles. The van der Waals surface area contributed by atoms with Crippen molar-refractivity contribution in [3.05, 3.63) is 42.1 Å². The van der Waals surface area contributed by atoms with Crippen LogP contribution in [0.3, 0.4) is 0 Å². The van der Waals surface area contributed by atoms with E-state index in [4.69, 9.17) is 4.74 Å². The highest BCUT2D eigenvalue weighted by Crippen LogP contribution is 2.26. The van der Waals surface area contributed by atoms with E-state index in [0.29, 0.717) is 11.7 Å². The number of allylic oxidation sites excluding steroid dienone is 1. The molecule has 1 N–H and O–H groups in total. The molecule has 1 atom stereocenters. The average Bonchev–Trinajstić information content (AvgIpc) is 2.40. The predicted molar refractivity (Wildman–Crippen MR) is 71.5 cm³/mol. The van der Waals surface area contributed by atoms with Gasteiger partial charge in [-0.05, 0) is 36.6 Å². The van der Waals surface area contributed by atoms with Crippen molar-refractivity contribution in [2.75, 3.05) is 0 Å². The maximum Gasteiger partial charge on any atom is 0.333 e. The van der Waals surface area contributed by atoms with Crippen LogP contribution in [0.15, 0.2) is 36.5 Å². The minimum absolute atomic E-state index is 0.201. The zero-order valence-corrected chi connectivity index (χ0v) is 10.8. The summed E-state index contributed by atoms with van der Waals surface area (Å²) >= 11 is 0. The Morgan fingerprint density at radius 2 is 2.17 bits per heavy atom. The maximum atomic E-state index is 12.0. The summed E-state index contributed by atoms with van der Waals surface area (Å²) in [4.78, 5) is 12.0. The van der Waals surface area contributed by atoms with Gasteiger partial charge < -0.3 is 10.1 Å². The topological polar surface area (TPSA) is 38.3 Å². The first-order chi connectivity index (χ1) is 8.68. The van der Waals surface area contributed by atoms with Crippen LogP contribution in [-0.4, -0.2) is 12.0 Å². The monoisotopic (exact) mass is 245 g/mol. The third kappa shape index (κ3) is 2.92. The van der Waals surface area contributed by atoms with Crippen molar-refractivity contribution in [1.29, 1.82) is 0 Å². The standard InChI is InChI=1S/C15H19NO2/c1-11(2)12-7-3-4-9-14(12)18-15(17)13-8-5-6-10-16-13/h3-4,6-7,9-11,13,16H,5,8H2,1-2H3. The SMILES string of the molecule is CC(C)c1ccccc1OC(=O)C1CCC=CN1. The maximum absolute atomic E-state index is 12.0. The van der Waals surface area contributed by atoms with Gasteiger partial charge in [0.25, 0.3) is 0 Å². The number of esters is 1. The lowest BCUT2D eigenvalue weighted by molar-refractivity contribution is -0.136. The highest BCUT2D eigenvalue weighted by molar-refractivity contribution is 5.79. The number of hydrogen-bond donors (Lipinski definition) is 1. The van der Waals surface area contributed by atoms with Gasteiger partial charge in [-0.15, -0.1) is 0 Å². The molecule has 0 aliphatic carbocycles. The van der Waals surface area contributed by atoms with E-state index in [1.807, 2.05) is 36.5 Å². The normalized spacial score (nSPS) is 18.5. The second-order valence-electron chi connectivity index (χ2n) is 4.81. The summed E-state index contributed by atoms with van der Waals surface area (Å²) in [6.45, 7) is 4.18. The van der Waals surface area contributed by atoms with Crippen LogP contribution < -0.4 is 10.1 Å². The predicted octanol–water partition coefficient (Wildman–Crippen LogP) is 2.98. The lowest BCUT2D eigenvalue weighted by atomic mass is 10.0. The van der Waals surface area contributed by atoms with Crippen LogP contribution in [0.25, 0.3) is 0 Å². The Morgan fingerprint density at radius 1 is 1.39 bits per heavy atom. The van der Waals surface area contributed by atoms with E-state index in [0.717, 1.165) is 18.4 Å². The Kier molecular flexibility index (Phi) is 4.03. The van der Waals surface area contributed by atoms with Crippen molar-refractivity contribution < 1.29 is 9.53 Å². The summed E-state index contributed by atoms with van der Waals surface area (Å²) in [5.74, 6) is 0.814. The van der Waals surface area contributed by atoms with E-state index in [2.05, 4.69) is 19.2 Å². The molecule has 3 nitrogen and oxygen atoms in total. The van der Waals surface area contributed by atoms with Gasteiger partial charge in [0.15, 0.2) is 0 Å². The third-order valence-corrected chi connectivity index (χ3v) is 3.07. The van der Waals surface area contributed by atoms with Gasteiger partial charge in [-0.2, -0.15) is 0 Å². The van der Waals surface area contributed by atoms with Crippen molar-refractivity contribution in [2.24, 2.45) is 0 Å². The van der Waals surface area contributed by atoms with Crippen LogP contribution in [0.5, 0.6) is 5.75 Å². The molecule has 0 fully saturated rings. The van der Waals surface area contributed by atoms with E-state index < -0.39 is 0 Å². The molecule has 0 amide bonds. The molecule has 1 unspecified atom stereocenters. The molecular weight excluding hydrogens is 226 g/mol. The first kappa shape index (κ1) is 12.7. The summed E-state index contributed by atoms with van der Waals surface area (Å²) in [5, 5.41) is 3.03.